The van der Waals surface area contributed by atoms with E-state index in [0.29, 0.717) is 11.4 Å². The zero-order chi connectivity index (χ0) is 10.8. The van der Waals surface area contributed by atoms with Crippen molar-refractivity contribution in [3.63, 3.8) is 0 Å². The summed E-state index contributed by atoms with van der Waals surface area (Å²) < 4.78 is 0.885. The maximum absolute atomic E-state index is 8.91. The van der Waals surface area contributed by atoms with Gasteiger partial charge in [0.15, 0.2) is 6.10 Å². The monoisotopic (exact) mass is 289 g/mol. The zero-order valence-corrected chi connectivity index (χ0v) is 10.1. The summed E-state index contributed by atoms with van der Waals surface area (Å²) in [4.78, 5) is 5.04. The highest BCUT2D eigenvalue weighted by Crippen LogP contribution is 2.26. The molecule has 1 aromatic carbocycles. The third-order valence-corrected chi connectivity index (χ3v) is 3.07. The van der Waals surface area contributed by atoms with Gasteiger partial charge in [0.05, 0.1) is 12.3 Å². The lowest BCUT2D eigenvalue weighted by Crippen LogP contribution is -2.12. The quantitative estimate of drug-likeness (QED) is 0.909. The van der Waals surface area contributed by atoms with E-state index >= 15 is 0 Å². The molecular formula is C10H9BrClNO2. The van der Waals surface area contributed by atoms with Crippen molar-refractivity contribution >= 4 is 33.2 Å². The maximum Gasteiger partial charge on any atom is 0.156 e. The molecule has 5 heteroatoms. The second kappa shape index (κ2) is 4.51. The van der Waals surface area contributed by atoms with Crippen molar-refractivity contribution in [3.05, 3.63) is 33.3 Å². The Morgan fingerprint density at radius 2 is 2.40 bits per heavy atom. The normalized spacial score (nSPS) is 19.9. The predicted octanol–water partition coefficient (Wildman–Crippen LogP) is 2.59. The molecule has 1 atom stereocenters. The second-order valence-corrected chi connectivity index (χ2v) is 4.57. The lowest BCUT2D eigenvalue weighted by atomic mass is 10.1. The fraction of sp³-hybridized carbons (Fsp3) is 0.300. The number of benzene rings is 1. The van der Waals surface area contributed by atoms with Crippen molar-refractivity contribution in [2.24, 2.45) is 5.16 Å². The van der Waals surface area contributed by atoms with Crippen LogP contribution in [0.15, 0.2) is 27.8 Å². The van der Waals surface area contributed by atoms with Gasteiger partial charge in [-0.05, 0) is 12.1 Å². The lowest BCUT2D eigenvalue weighted by Gasteiger charge is -2.03. The summed E-state index contributed by atoms with van der Waals surface area (Å²) in [5.74, 6) is 0. The third-order valence-electron chi connectivity index (χ3n) is 2.18. The Kier molecular flexibility index (Phi) is 3.29. The zero-order valence-electron chi connectivity index (χ0n) is 7.78. The molecule has 1 heterocycles. The van der Waals surface area contributed by atoms with Gasteiger partial charge in [-0.15, -0.1) is 0 Å². The molecule has 0 radical (unpaired) electrons. The molecule has 0 amide bonds. The van der Waals surface area contributed by atoms with Crippen LogP contribution in [0.2, 0.25) is 5.02 Å². The first kappa shape index (κ1) is 10.9. The Morgan fingerprint density at radius 3 is 3.00 bits per heavy atom. The molecule has 1 N–H and O–H groups in total. The van der Waals surface area contributed by atoms with E-state index in [2.05, 4.69) is 21.1 Å². The van der Waals surface area contributed by atoms with Gasteiger partial charge >= 0.3 is 0 Å². The lowest BCUT2D eigenvalue weighted by molar-refractivity contribution is 0.0390. The average Bonchev–Trinajstić information content (AvgIpc) is 2.66. The molecule has 80 valence electrons. The van der Waals surface area contributed by atoms with Gasteiger partial charge in [-0.2, -0.15) is 0 Å². The predicted molar refractivity (Wildman–Crippen MR) is 62.3 cm³/mol. The van der Waals surface area contributed by atoms with Crippen LogP contribution in [0.25, 0.3) is 0 Å². The van der Waals surface area contributed by atoms with Crippen molar-refractivity contribution in [2.75, 3.05) is 6.61 Å². The number of aliphatic hydroxyl groups excluding tert-OH is 1. The summed E-state index contributed by atoms with van der Waals surface area (Å²) in [6, 6.07) is 5.50. The van der Waals surface area contributed by atoms with E-state index in [1.54, 1.807) is 6.07 Å². The van der Waals surface area contributed by atoms with E-state index in [0.717, 1.165) is 15.7 Å². The van der Waals surface area contributed by atoms with Crippen LogP contribution in [0, 0.1) is 0 Å². The Labute approximate surface area is 101 Å². The van der Waals surface area contributed by atoms with Crippen molar-refractivity contribution in [2.45, 2.75) is 12.5 Å². The van der Waals surface area contributed by atoms with Gasteiger partial charge in [0, 0.05) is 21.5 Å². The second-order valence-electron chi connectivity index (χ2n) is 3.28. The highest BCUT2D eigenvalue weighted by atomic mass is 79.9. The average molecular weight is 291 g/mol. The van der Waals surface area contributed by atoms with Gasteiger partial charge in [0.1, 0.15) is 0 Å². The minimum atomic E-state index is -0.220. The molecule has 0 saturated carbocycles. The summed E-state index contributed by atoms with van der Waals surface area (Å²) in [6.45, 7) is -0.0157. The number of nitrogens with zero attached hydrogens (tertiary/aromatic N) is 1. The van der Waals surface area contributed by atoms with Gasteiger partial charge in [0.2, 0.25) is 0 Å². The topological polar surface area (TPSA) is 41.8 Å². The van der Waals surface area contributed by atoms with Crippen molar-refractivity contribution < 1.29 is 9.94 Å². The molecule has 0 fully saturated rings. The SMILES string of the molecule is OCC1CC(c2ccc(Cl)cc2Br)=NO1. The first-order chi connectivity index (χ1) is 7.20. The molecule has 1 aliphatic heterocycles. The van der Waals surface area contributed by atoms with Crippen LogP contribution in [0.1, 0.15) is 12.0 Å². The summed E-state index contributed by atoms with van der Waals surface area (Å²) >= 11 is 9.25. The molecular weight excluding hydrogens is 281 g/mol. The van der Waals surface area contributed by atoms with Crippen molar-refractivity contribution in [1.29, 1.82) is 0 Å². The number of hydrogen-bond acceptors (Lipinski definition) is 3. The van der Waals surface area contributed by atoms with E-state index in [1.165, 1.54) is 0 Å². The van der Waals surface area contributed by atoms with E-state index in [-0.39, 0.29) is 12.7 Å². The number of aliphatic hydroxyl groups is 1. The van der Waals surface area contributed by atoms with Gasteiger partial charge in [0.25, 0.3) is 0 Å². The minimum Gasteiger partial charge on any atom is -0.392 e. The number of rotatable bonds is 2. The third kappa shape index (κ3) is 2.33. The van der Waals surface area contributed by atoms with Gasteiger partial charge in [-0.3, -0.25) is 0 Å². The molecule has 0 bridgehead atoms. The van der Waals surface area contributed by atoms with Crippen molar-refractivity contribution in [3.8, 4) is 0 Å². The van der Waals surface area contributed by atoms with E-state index in [1.807, 2.05) is 12.1 Å². The summed E-state index contributed by atoms with van der Waals surface area (Å²) in [5, 5.41) is 13.5. The largest absolute Gasteiger partial charge is 0.392 e. The van der Waals surface area contributed by atoms with Crippen LogP contribution in [0.5, 0.6) is 0 Å². The van der Waals surface area contributed by atoms with E-state index in [4.69, 9.17) is 21.5 Å². The molecule has 0 spiro atoms. The molecule has 1 unspecified atom stereocenters. The summed E-state index contributed by atoms with van der Waals surface area (Å²) in [6.07, 6.45) is 0.402. The molecule has 2 rings (SSSR count). The fourth-order valence-corrected chi connectivity index (χ4v) is 2.32. The molecule has 15 heavy (non-hydrogen) atoms. The Hall–Kier alpha value is -0.580. The number of oxime groups is 1. The van der Waals surface area contributed by atoms with Crippen LogP contribution in [-0.4, -0.2) is 23.5 Å². The standard InChI is InChI=1S/C10H9BrClNO2/c11-9-3-6(12)1-2-8(9)10-4-7(5-14)15-13-10/h1-3,7,14H,4-5H2. The summed E-state index contributed by atoms with van der Waals surface area (Å²) in [7, 11) is 0. The minimum absolute atomic E-state index is 0.0157. The summed E-state index contributed by atoms with van der Waals surface area (Å²) in [5.41, 5.74) is 1.79. The van der Waals surface area contributed by atoms with Crippen LogP contribution in [0.3, 0.4) is 0 Å². The molecule has 0 aromatic heterocycles. The van der Waals surface area contributed by atoms with Gasteiger partial charge < -0.3 is 9.94 Å². The van der Waals surface area contributed by atoms with Gasteiger partial charge in [-0.25, -0.2) is 0 Å². The van der Waals surface area contributed by atoms with Gasteiger partial charge in [-0.1, -0.05) is 38.8 Å². The molecule has 1 aromatic rings. The van der Waals surface area contributed by atoms with Crippen LogP contribution < -0.4 is 0 Å². The first-order valence-electron chi connectivity index (χ1n) is 4.49. The van der Waals surface area contributed by atoms with E-state index < -0.39 is 0 Å². The van der Waals surface area contributed by atoms with Crippen molar-refractivity contribution in [1.82, 2.24) is 0 Å². The van der Waals surface area contributed by atoms with Crippen LogP contribution in [-0.2, 0) is 4.84 Å². The molecule has 3 nitrogen and oxygen atoms in total. The molecule has 0 saturated heterocycles. The number of halogens is 2. The molecule has 1 aliphatic rings. The first-order valence-corrected chi connectivity index (χ1v) is 5.67. The smallest absolute Gasteiger partial charge is 0.156 e. The highest BCUT2D eigenvalue weighted by Gasteiger charge is 2.22. The van der Waals surface area contributed by atoms with Crippen LogP contribution >= 0.6 is 27.5 Å². The fourth-order valence-electron chi connectivity index (χ4n) is 1.41. The Bertz CT molecular complexity index is 408. The molecule has 0 aliphatic carbocycles. The van der Waals surface area contributed by atoms with E-state index in [9.17, 15) is 0 Å². The Balaban J connectivity index is 2.24. The Morgan fingerprint density at radius 1 is 1.60 bits per heavy atom. The number of hydrogen-bond donors (Lipinski definition) is 1. The maximum atomic E-state index is 8.91. The van der Waals surface area contributed by atoms with Crippen LogP contribution in [0.4, 0.5) is 0 Å². The highest BCUT2D eigenvalue weighted by molar-refractivity contribution is 9.10.